The first-order valence-electron chi connectivity index (χ1n) is 9.44. The van der Waals surface area contributed by atoms with E-state index in [9.17, 15) is 13.2 Å². The van der Waals surface area contributed by atoms with Gasteiger partial charge in [-0.2, -0.15) is 9.29 Å². The number of benzene rings is 2. The van der Waals surface area contributed by atoms with Crippen LogP contribution in [-0.2, 0) is 16.4 Å². The fourth-order valence-corrected chi connectivity index (χ4v) is 4.92. The van der Waals surface area contributed by atoms with E-state index in [1.807, 2.05) is 24.3 Å². The van der Waals surface area contributed by atoms with Crippen molar-refractivity contribution in [1.82, 2.24) is 14.4 Å². The fraction of sp³-hybridized carbons (Fsp3) is 0.286. The molecule has 1 saturated heterocycles. The van der Waals surface area contributed by atoms with Crippen LogP contribution in [0.5, 0.6) is 5.75 Å². The van der Waals surface area contributed by atoms with E-state index in [-0.39, 0.29) is 29.7 Å². The van der Waals surface area contributed by atoms with Gasteiger partial charge in [-0.15, -0.1) is 0 Å². The van der Waals surface area contributed by atoms with Crippen molar-refractivity contribution in [2.75, 3.05) is 20.2 Å². The second kappa shape index (κ2) is 8.00. The molecule has 1 aliphatic heterocycles. The lowest BCUT2D eigenvalue weighted by Crippen LogP contribution is -2.48. The quantitative estimate of drug-likeness (QED) is 0.534. The van der Waals surface area contributed by atoms with E-state index in [2.05, 4.69) is 10.1 Å². The molecule has 0 saturated carbocycles. The maximum atomic E-state index is 12.8. The third-order valence-electron chi connectivity index (χ3n) is 5.10. The van der Waals surface area contributed by atoms with Crippen LogP contribution in [0, 0.1) is 0 Å². The average Bonchev–Trinajstić information content (AvgIpc) is 3.15. The molecule has 9 heteroatoms. The Labute approximate surface area is 174 Å². The fourth-order valence-electron chi connectivity index (χ4n) is 3.34. The maximum absolute atomic E-state index is 12.8. The highest BCUT2D eigenvalue weighted by Crippen LogP contribution is 2.32. The normalized spacial score (nSPS) is 15.0. The number of sulfonamides is 1. The minimum Gasteiger partial charge on any atom is -0.496 e. The number of hydrogen-bond donors (Lipinski definition) is 0. The molecule has 0 aliphatic carbocycles. The molecule has 30 heavy (non-hydrogen) atoms. The lowest BCUT2D eigenvalue weighted by Gasteiger charge is -2.35. The molecule has 0 atom stereocenters. The number of rotatable bonds is 7. The van der Waals surface area contributed by atoms with Crippen molar-refractivity contribution in [2.24, 2.45) is 0 Å². The van der Waals surface area contributed by atoms with Gasteiger partial charge in [0.25, 0.3) is 0 Å². The van der Waals surface area contributed by atoms with E-state index in [0.29, 0.717) is 23.7 Å². The number of nitrogens with zero attached hydrogens (tertiary/aromatic N) is 3. The van der Waals surface area contributed by atoms with Gasteiger partial charge in [-0.1, -0.05) is 35.5 Å². The smallest absolute Gasteiger partial charge is 0.243 e. The Hall–Kier alpha value is -3.04. The van der Waals surface area contributed by atoms with Crippen LogP contribution in [-0.4, -0.2) is 48.8 Å². The average molecular weight is 427 g/mol. The summed E-state index contributed by atoms with van der Waals surface area (Å²) in [4.78, 5) is 16.1. The summed E-state index contributed by atoms with van der Waals surface area (Å²) in [5.74, 6) is 1.35. The first-order valence-corrected chi connectivity index (χ1v) is 10.9. The minimum absolute atomic E-state index is 0.107. The van der Waals surface area contributed by atoms with E-state index in [4.69, 9.17) is 9.26 Å². The summed E-state index contributed by atoms with van der Waals surface area (Å²) in [5, 5.41) is 4.02. The lowest BCUT2D eigenvalue weighted by molar-refractivity contribution is 0.101. The third kappa shape index (κ3) is 3.86. The Kier molecular flexibility index (Phi) is 5.40. The number of aromatic nitrogens is 2. The van der Waals surface area contributed by atoms with Gasteiger partial charge in [0, 0.05) is 30.6 Å². The Bertz CT molecular complexity index is 1180. The topological polar surface area (TPSA) is 103 Å². The summed E-state index contributed by atoms with van der Waals surface area (Å²) in [5.41, 5.74) is 1.31. The molecule has 156 valence electrons. The minimum atomic E-state index is -3.68. The summed E-state index contributed by atoms with van der Waals surface area (Å²) < 4.78 is 37.7. The van der Waals surface area contributed by atoms with Crippen LogP contribution < -0.4 is 4.74 Å². The van der Waals surface area contributed by atoms with Gasteiger partial charge >= 0.3 is 0 Å². The van der Waals surface area contributed by atoms with Crippen LogP contribution in [0.1, 0.15) is 40.5 Å². The molecule has 0 spiro atoms. The Morgan fingerprint density at radius 2 is 1.97 bits per heavy atom. The lowest BCUT2D eigenvalue weighted by atomic mass is 10.0. The third-order valence-corrected chi connectivity index (χ3v) is 6.93. The number of hydrogen-bond acceptors (Lipinski definition) is 7. The van der Waals surface area contributed by atoms with E-state index < -0.39 is 10.0 Å². The second-order valence-electron chi connectivity index (χ2n) is 7.14. The highest BCUT2D eigenvalue weighted by atomic mass is 32.2. The number of carbonyl (C=O) groups is 1. The number of methoxy groups -OCH3 is 1. The highest BCUT2D eigenvalue weighted by Gasteiger charge is 2.40. The summed E-state index contributed by atoms with van der Waals surface area (Å²) in [6.07, 6.45) is 0.458. The van der Waals surface area contributed by atoms with Crippen LogP contribution in [0.25, 0.3) is 0 Å². The van der Waals surface area contributed by atoms with E-state index >= 15 is 0 Å². The SMILES string of the molecule is COc1ccccc1Cc1noc(C2CN(S(=O)(=O)c3cccc(C(C)=O)c3)C2)n1. The van der Waals surface area contributed by atoms with E-state index in [1.165, 1.54) is 23.4 Å². The molecule has 0 N–H and O–H groups in total. The Balaban J connectivity index is 1.43. The molecular formula is C21H21N3O5S. The van der Waals surface area contributed by atoms with Gasteiger partial charge in [0.15, 0.2) is 11.6 Å². The van der Waals surface area contributed by atoms with Gasteiger partial charge in [0.2, 0.25) is 15.9 Å². The molecule has 0 unspecified atom stereocenters. The van der Waals surface area contributed by atoms with Crippen molar-refractivity contribution in [3.63, 3.8) is 0 Å². The highest BCUT2D eigenvalue weighted by molar-refractivity contribution is 7.89. The first kappa shape index (κ1) is 20.2. The van der Waals surface area contributed by atoms with Crippen LogP contribution in [0.3, 0.4) is 0 Å². The van der Waals surface area contributed by atoms with E-state index in [1.54, 1.807) is 19.2 Å². The van der Waals surface area contributed by atoms with Gasteiger partial charge in [0.05, 0.1) is 17.9 Å². The second-order valence-corrected chi connectivity index (χ2v) is 9.08. The summed E-state index contributed by atoms with van der Waals surface area (Å²) >= 11 is 0. The van der Waals surface area contributed by atoms with Gasteiger partial charge in [0.1, 0.15) is 5.75 Å². The molecule has 0 bridgehead atoms. The summed E-state index contributed by atoms with van der Waals surface area (Å²) in [6.45, 7) is 1.91. The van der Waals surface area contributed by atoms with Crippen LogP contribution in [0.2, 0.25) is 0 Å². The van der Waals surface area contributed by atoms with Crippen molar-refractivity contribution >= 4 is 15.8 Å². The molecule has 1 aliphatic rings. The molecule has 0 radical (unpaired) electrons. The predicted octanol–water partition coefficient (Wildman–Crippen LogP) is 2.66. The Morgan fingerprint density at radius 1 is 1.20 bits per heavy atom. The van der Waals surface area contributed by atoms with Gasteiger partial charge in [-0.25, -0.2) is 8.42 Å². The molecule has 1 aromatic heterocycles. The zero-order valence-corrected chi connectivity index (χ0v) is 17.4. The number of ketones is 1. The van der Waals surface area contributed by atoms with Crippen molar-refractivity contribution in [3.8, 4) is 5.75 Å². The Morgan fingerprint density at radius 3 is 2.70 bits per heavy atom. The van der Waals surface area contributed by atoms with Crippen molar-refractivity contribution in [3.05, 3.63) is 71.4 Å². The molecule has 0 amide bonds. The van der Waals surface area contributed by atoms with Gasteiger partial charge in [-0.05, 0) is 25.1 Å². The summed E-state index contributed by atoms with van der Waals surface area (Å²) in [7, 11) is -2.07. The maximum Gasteiger partial charge on any atom is 0.243 e. The molecule has 1 fully saturated rings. The largest absolute Gasteiger partial charge is 0.496 e. The monoisotopic (exact) mass is 427 g/mol. The molecule has 2 heterocycles. The van der Waals surface area contributed by atoms with Crippen LogP contribution in [0.4, 0.5) is 0 Å². The number of para-hydroxylation sites is 1. The molecule has 8 nitrogen and oxygen atoms in total. The molecule has 3 aromatic rings. The number of carbonyl (C=O) groups excluding carboxylic acids is 1. The van der Waals surface area contributed by atoms with Crippen LogP contribution >= 0.6 is 0 Å². The molecule has 4 rings (SSSR count). The molecule has 2 aromatic carbocycles. The van der Waals surface area contributed by atoms with Crippen LogP contribution in [0.15, 0.2) is 57.9 Å². The van der Waals surface area contributed by atoms with Crippen molar-refractivity contribution in [2.45, 2.75) is 24.2 Å². The summed E-state index contributed by atoms with van der Waals surface area (Å²) in [6, 6.07) is 13.7. The number of Topliss-reactive ketones (excluding diaryl/α,β-unsaturated/α-hetero) is 1. The van der Waals surface area contributed by atoms with E-state index in [0.717, 1.165) is 11.3 Å². The number of ether oxygens (including phenoxy) is 1. The predicted molar refractivity (Wildman–Crippen MR) is 108 cm³/mol. The van der Waals surface area contributed by atoms with Crippen molar-refractivity contribution in [1.29, 1.82) is 0 Å². The van der Waals surface area contributed by atoms with Gasteiger partial charge in [-0.3, -0.25) is 4.79 Å². The zero-order chi connectivity index (χ0) is 21.3. The standard InChI is InChI=1S/C21H21N3O5S/c1-14(25)15-7-5-8-18(10-15)30(26,27)24-12-17(13-24)21-22-20(23-29-21)11-16-6-3-4-9-19(16)28-2/h3-10,17H,11-13H2,1-2H3. The van der Waals surface area contributed by atoms with Gasteiger partial charge < -0.3 is 9.26 Å². The van der Waals surface area contributed by atoms with Crippen molar-refractivity contribution < 1.29 is 22.5 Å². The zero-order valence-electron chi connectivity index (χ0n) is 16.6. The first-order chi connectivity index (χ1) is 14.4. The molecular weight excluding hydrogens is 406 g/mol.